The lowest BCUT2D eigenvalue weighted by Gasteiger charge is -2.09. The Morgan fingerprint density at radius 1 is 1.04 bits per heavy atom. The Hall–Kier alpha value is -2.58. The second-order valence-electron chi connectivity index (χ2n) is 4.57. The lowest BCUT2D eigenvalue weighted by atomic mass is 10.0. The number of ether oxygens (including phenoxy) is 2. The number of allylic oxidation sites excluding steroid dienone is 1. The van der Waals surface area contributed by atoms with Gasteiger partial charge in [0.25, 0.3) is 0 Å². The molecule has 24 heavy (non-hydrogen) atoms. The molecule has 0 saturated heterocycles. The van der Waals surface area contributed by atoms with Crippen LogP contribution in [-0.4, -0.2) is 48.2 Å². The predicted octanol–water partition coefficient (Wildman–Crippen LogP) is 1.12. The summed E-state index contributed by atoms with van der Waals surface area (Å²) in [5.41, 5.74) is 0. The minimum atomic E-state index is -0.956. The standard InChI is InChI=1S/C8H13NO5.C7H10O3/c1-3-14-8(11)7(4-6(2)10)5-9(12)13;1-3-10-7(9)5-4-6(2)8/h7H,3-5H2,1-2H3;4-5H,3H2,1-2H3/b;5-4+. The topological polar surface area (TPSA) is 130 Å². The lowest BCUT2D eigenvalue weighted by molar-refractivity contribution is -0.486. The van der Waals surface area contributed by atoms with Crippen molar-refractivity contribution >= 4 is 23.5 Å². The molecular weight excluding hydrogens is 322 g/mol. The summed E-state index contributed by atoms with van der Waals surface area (Å²) in [6.07, 6.45) is 2.16. The van der Waals surface area contributed by atoms with E-state index in [4.69, 9.17) is 0 Å². The Labute approximate surface area is 140 Å². The summed E-state index contributed by atoms with van der Waals surface area (Å²) >= 11 is 0. The van der Waals surface area contributed by atoms with Gasteiger partial charge in [0.15, 0.2) is 5.78 Å². The molecule has 0 amide bonds. The van der Waals surface area contributed by atoms with Gasteiger partial charge >= 0.3 is 11.9 Å². The first-order valence-electron chi connectivity index (χ1n) is 7.27. The Balaban J connectivity index is 0. The highest BCUT2D eigenvalue weighted by molar-refractivity contribution is 5.94. The number of carbonyl (C=O) groups excluding carboxylic acids is 4. The van der Waals surface area contributed by atoms with Crippen molar-refractivity contribution in [1.82, 2.24) is 0 Å². The summed E-state index contributed by atoms with van der Waals surface area (Å²) in [5.74, 6) is -2.53. The second kappa shape index (κ2) is 14.0. The van der Waals surface area contributed by atoms with Crippen LogP contribution in [0.2, 0.25) is 0 Å². The van der Waals surface area contributed by atoms with Crippen LogP contribution in [0, 0.1) is 16.0 Å². The van der Waals surface area contributed by atoms with Gasteiger partial charge in [-0.25, -0.2) is 4.79 Å². The van der Waals surface area contributed by atoms with E-state index in [2.05, 4.69) is 9.47 Å². The molecule has 0 aromatic rings. The highest BCUT2D eigenvalue weighted by Crippen LogP contribution is 2.07. The molecule has 0 radical (unpaired) electrons. The third-order valence-electron chi connectivity index (χ3n) is 2.26. The van der Waals surface area contributed by atoms with Crippen LogP contribution < -0.4 is 0 Å². The Kier molecular flexibility index (Phi) is 13.9. The number of Topliss-reactive ketones (excluding diaryl/α,β-unsaturated/α-hetero) is 1. The van der Waals surface area contributed by atoms with Crippen molar-refractivity contribution in [2.45, 2.75) is 34.1 Å². The van der Waals surface area contributed by atoms with Gasteiger partial charge in [-0.05, 0) is 33.8 Å². The third kappa shape index (κ3) is 15.8. The number of ketones is 2. The quantitative estimate of drug-likeness (QED) is 0.263. The SMILES string of the molecule is CCOC(=O)/C=C/C(C)=O.CCOC(=O)C(CC(C)=O)C[N+](=O)[O-]. The van der Waals surface area contributed by atoms with Gasteiger partial charge in [-0.1, -0.05) is 0 Å². The van der Waals surface area contributed by atoms with Gasteiger partial charge in [0.1, 0.15) is 11.7 Å². The van der Waals surface area contributed by atoms with Crippen molar-refractivity contribution in [3.05, 3.63) is 22.3 Å². The molecule has 0 N–H and O–H groups in total. The van der Waals surface area contributed by atoms with E-state index in [0.717, 1.165) is 6.08 Å². The fourth-order valence-corrected chi connectivity index (χ4v) is 1.39. The van der Waals surface area contributed by atoms with Crippen LogP contribution in [0.15, 0.2) is 12.2 Å². The Morgan fingerprint density at radius 2 is 1.58 bits per heavy atom. The Bertz CT molecular complexity index is 468. The lowest BCUT2D eigenvalue weighted by Crippen LogP contribution is -2.27. The van der Waals surface area contributed by atoms with Crippen LogP contribution in [0.5, 0.6) is 0 Å². The van der Waals surface area contributed by atoms with Crippen LogP contribution in [0.4, 0.5) is 0 Å². The number of hydrogen-bond acceptors (Lipinski definition) is 8. The van der Waals surface area contributed by atoms with Gasteiger partial charge in [0.2, 0.25) is 6.54 Å². The molecule has 136 valence electrons. The molecule has 0 fully saturated rings. The van der Waals surface area contributed by atoms with Crippen molar-refractivity contribution < 1.29 is 33.6 Å². The molecule has 0 aliphatic rings. The van der Waals surface area contributed by atoms with Crippen LogP contribution in [0.3, 0.4) is 0 Å². The molecule has 0 spiro atoms. The van der Waals surface area contributed by atoms with Crippen molar-refractivity contribution in [2.24, 2.45) is 5.92 Å². The molecular formula is C15H23NO8. The smallest absolute Gasteiger partial charge is 0.330 e. The van der Waals surface area contributed by atoms with E-state index in [1.165, 1.54) is 19.9 Å². The van der Waals surface area contributed by atoms with E-state index in [0.29, 0.717) is 6.61 Å². The van der Waals surface area contributed by atoms with E-state index in [1.54, 1.807) is 13.8 Å². The first-order valence-corrected chi connectivity index (χ1v) is 7.27. The largest absolute Gasteiger partial charge is 0.466 e. The molecule has 0 saturated carbocycles. The summed E-state index contributed by atoms with van der Waals surface area (Å²) in [5, 5.41) is 10.2. The van der Waals surface area contributed by atoms with Crippen LogP contribution in [-0.2, 0) is 28.7 Å². The molecule has 0 rings (SSSR count). The van der Waals surface area contributed by atoms with Gasteiger partial charge < -0.3 is 9.47 Å². The van der Waals surface area contributed by atoms with Gasteiger partial charge in [-0.3, -0.25) is 24.5 Å². The van der Waals surface area contributed by atoms with E-state index in [1.807, 2.05) is 0 Å². The fourth-order valence-electron chi connectivity index (χ4n) is 1.39. The minimum absolute atomic E-state index is 0.139. The normalized spacial score (nSPS) is 11.0. The van der Waals surface area contributed by atoms with Gasteiger partial charge in [0.05, 0.1) is 13.2 Å². The van der Waals surface area contributed by atoms with E-state index in [-0.39, 0.29) is 24.6 Å². The molecule has 0 aromatic heterocycles. The third-order valence-corrected chi connectivity index (χ3v) is 2.26. The highest BCUT2D eigenvalue weighted by Gasteiger charge is 2.26. The number of esters is 2. The molecule has 0 bridgehead atoms. The minimum Gasteiger partial charge on any atom is -0.466 e. The van der Waals surface area contributed by atoms with Crippen molar-refractivity contribution in [3.8, 4) is 0 Å². The number of carbonyl (C=O) groups is 4. The maximum absolute atomic E-state index is 11.1. The van der Waals surface area contributed by atoms with Crippen LogP contribution in [0.1, 0.15) is 34.1 Å². The first kappa shape index (κ1) is 23.7. The van der Waals surface area contributed by atoms with E-state index >= 15 is 0 Å². The second-order valence-corrected chi connectivity index (χ2v) is 4.57. The fraction of sp³-hybridized carbons (Fsp3) is 0.600. The first-order chi connectivity index (χ1) is 11.1. The molecule has 9 heteroatoms. The summed E-state index contributed by atoms with van der Waals surface area (Å²) in [7, 11) is 0. The molecule has 1 unspecified atom stereocenters. The summed E-state index contributed by atoms with van der Waals surface area (Å²) in [4.78, 5) is 52.2. The van der Waals surface area contributed by atoms with E-state index < -0.39 is 29.3 Å². The zero-order valence-corrected chi connectivity index (χ0v) is 14.3. The zero-order valence-electron chi connectivity index (χ0n) is 14.3. The molecule has 9 nitrogen and oxygen atoms in total. The number of nitro groups is 1. The molecule has 0 aliphatic heterocycles. The zero-order chi connectivity index (χ0) is 19.1. The molecule has 0 aromatic carbocycles. The molecule has 0 heterocycles. The van der Waals surface area contributed by atoms with Crippen molar-refractivity contribution in [1.29, 1.82) is 0 Å². The van der Waals surface area contributed by atoms with E-state index in [9.17, 15) is 29.3 Å². The average molecular weight is 345 g/mol. The van der Waals surface area contributed by atoms with Gasteiger partial charge in [0, 0.05) is 17.4 Å². The van der Waals surface area contributed by atoms with Gasteiger partial charge in [-0.15, -0.1) is 0 Å². The van der Waals surface area contributed by atoms with Crippen LogP contribution >= 0.6 is 0 Å². The highest BCUT2D eigenvalue weighted by atomic mass is 16.6. The number of nitrogens with zero attached hydrogens (tertiary/aromatic N) is 1. The molecule has 0 aliphatic carbocycles. The summed E-state index contributed by atoms with van der Waals surface area (Å²) < 4.78 is 9.12. The average Bonchev–Trinajstić information content (AvgIpc) is 2.44. The monoisotopic (exact) mass is 345 g/mol. The maximum atomic E-state index is 11.1. The van der Waals surface area contributed by atoms with Crippen LogP contribution in [0.25, 0.3) is 0 Å². The summed E-state index contributed by atoms with van der Waals surface area (Å²) in [6.45, 7) is 5.90. The maximum Gasteiger partial charge on any atom is 0.330 e. The van der Waals surface area contributed by atoms with Crippen molar-refractivity contribution in [2.75, 3.05) is 19.8 Å². The predicted molar refractivity (Wildman–Crippen MR) is 83.7 cm³/mol. The number of rotatable bonds is 9. The van der Waals surface area contributed by atoms with Gasteiger partial charge in [-0.2, -0.15) is 0 Å². The van der Waals surface area contributed by atoms with Crippen molar-refractivity contribution in [3.63, 3.8) is 0 Å². The molecule has 1 atom stereocenters. The Morgan fingerprint density at radius 3 is 1.96 bits per heavy atom. The number of hydrogen-bond donors (Lipinski definition) is 0. The summed E-state index contributed by atoms with van der Waals surface area (Å²) in [6, 6.07) is 0.